The van der Waals surface area contributed by atoms with Gasteiger partial charge in [-0.15, -0.1) is 0 Å². The van der Waals surface area contributed by atoms with Crippen LogP contribution in [-0.4, -0.2) is 58.3 Å². The topological polar surface area (TPSA) is 62.3 Å². The van der Waals surface area contributed by atoms with Crippen LogP contribution in [0.1, 0.15) is 18.4 Å². The first-order chi connectivity index (χ1) is 12.3. The molecule has 1 fully saturated rings. The van der Waals surface area contributed by atoms with Crippen molar-refractivity contribution in [3.63, 3.8) is 0 Å². The van der Waals surface area contributed by atoms with Crippen molar-refractivity contribution >= 4 is 9.84 Å². The highest BCUT2D eigenvalue weighted by Gasteiger charge is 2.43. The van der Waals surface area contributed by atoms with Gasteiger partial charge < -0.3 is 10.2 Å². The van der Waals surface area contributed by atoms with Crippen LogP contribution in [0.2, 0.25) is 0 Å². The van der Waals surface area contributed by atoms with E-state index in [1.54, 1.807) is 12.1 Å². The van der Waals surface area contributed by atoms with E-state index in [9.17, 15) is 8.42 Å². The summed E-state index contributed by atoms with van der Waals surface area (Å²) in [4.78, 5) is 7.00. The summed E-state index contributed by atoms with van der Waals surface area (Å²) in [6, 6.07) is 11.2. The van der Waals surface area contributed by atoms with Gasteiger partial charge in [0.2, 0.25) is 0 Å². The number of likely N-dealkylation sites (N-methyl/N-ethyl adjacent to an activating group) is 1. The second-order valence-corrected chi connectivity index (χ2v) is 9.50. The second-order valence-electron chi connectivity index (χ2n) is 7.49. The van der Waals surface area contributed by atoms with Crippen molar-refractivity contribution in [2.45, 2.75) is 23.2 Å². The monoisotopic (exact) mass is 373 g/mol. The van der Waals surface area contributed by atoms with E-state index in [0.29, 0.717) is 4.90 Å². The molecule has 1 aliphatic rings. The number of rotatable bonds is 8. The smallest absolute Gasteiger partial charge is 0.175 e. The van der Waals surface area contributed by atoms with Crippen molar-refractivity contribution in [3.05, 3.63) is 48.2 Å². The van der Waals surface area contributed by atoms with Crippen molar-refractivity contribution in [3.8, 4) is 11.3 Å². The van der Waals surface area contributed by atoms with Gasteiger partial charge in [-0.05, 0) is 56.8 Å². The van der Waals surface area contributed by atoms with E-state index in [0.717, 1.165) is 30.9 Å². The van der Waals surface area contributed by atoms with E-state index in [2.05, 4.69) is 41.4 Å². The van der Waals surface area contributed by atoms with Gasteiger partial charge in [0.1, 0.15) is 0 Å². The fraction of sp³-hybridized carbons (Fsp3) is 0.450. The molecular weight excluding hydrogens is 346 g/mol. The quantitative estimate of drug-likeness (QED) is 0.720. The molecule has 0 unspecified atom stereocenters. The summed E-state index contributed by atoms with van der Waals surface area (Å²) in [5.74, 6) is 0. The highest BCUT2D eigenvalue weighted by molar-refractivity contribution is 7.90. The Balaban J connectivity index is 1.74. The molecule has 3 rings (SSSR count). The Morgan fingerprint density at radius 3 is 2.42 bits per heavy atom. The number of nitrogens with one attached hydrogen (secondary N) is 1. The number of hydrogen-bond acceptors (Lipinski definition) is 5. The SMILES string of the molecule is CN(C)CCNCC1(c2ccnc(-c3ccc(S(C)(=O)=O)cc3)c2)CC1. The molecule has 2 aromatic rings. The molecule has 0 saturated heterocycles. The fourth-order valence-electron chi connectivity index (χ4n) is 3.14. The lowest BCUT2D eigenvalue weighted by Gasteiger charge is -2.18. The third-order valence-corrected chi connectivity index (χ3v) is 6.13. The molecule has 0 amide bonds. The normalized spacial score (nSPS) is 16.0. The zero-order chi connectivity index (χ0) is 18.8. The zero-order valence-electron chi connectivity index (χ0n) is 15.7. The van der Waals surface area contributed by atoms with Crippen molar-refractivity contribution in [1.29, 1.82) is 0 Å². The lowest BCUT2D eigenvalue weighted by atomic mass is 9.95. The van der Waals surface area contributed by atoms with E-state index >= 15 is 0 Å². The number of sulfone groups is 1. The molecule has 1 aliphatic carbocycles. The van der Waals surface area contributed by atoms with Crippen LogP contribution in [0.15, 0.2) is 47.5 Å². The molecule has 1 aromatic carbocycles. The second kappa shape index (κ2) is 7.47. The summed E-state index contributed by atoms with van der Waals surface area (Å²) in [6.45, 7) is 3.00. The van der Waals surface area contributed by atoms with Gasteiger partial charge in [-0.3, -0.25) is 4.98 Å². The molecule has 0 bridgehead atoms. The summed E-state index contributed by atoms with van der Waals surface area (Å²) in [5, 5.41) is 3.57. The number of nitrogens with zero attached hydrogens (tertiary/aromatic N) is 2. The van der Waals surface area contributed by atoms with E-state index in [-0.39, 0.29) is 5.41 Å². The van der Waals surface area contributed by atoms with Crippen molar-refractivity contribution in [2.75, 3.05) is 40.0 Å². The van der Waals surface area contributed by atoms with Crippen LogP contribution in [0, 0.1) is 0 Å². The third kappa shape index (κ3) is 4.50. The van der Waals surface area contributed by atoms with Crippen LogP contribution >= 0.6 is 0 Å². The number of hydrogen-bond donors (Lipinski definition) is 1. The Hall–Kier alpha value is -1.76. The summed E-state index contributed by atoms with van der Waals surface area (Å²) in [5.41, 5.74) is 3.36. The van der Waals surface area contributed by atoms with E-state index in [4.69, 9.17) is 0 Å². The maximum Gasteiger partial charge on any atom is 0.175 e. The van der Waals surface area contributed by atoms with Gasteiger partial charge >= 0.3 is 0 Å². The van der Waals surface area contributed by atoms with Crippen LogP contribution in [0.25, 0.3) is 11.3 Å². The molecular formula is C20H27N3O2S. The van der Waals surface area contributed by atoms with Crippen LogP contribution in [-0.2, 0) is 15.3 Å². The molecule has 1 aromatic heterocycles. The number of aromatic nitrogens is 1. The number of benzene rings is 1. The maximum atomic E-state index is 11.6. The molecule has 0 atom stereocenters. The Kier molecular flexibility index (Phi) is 5.46. The molecule has 1 heterocycles. The average molecular weight is 374 g/mol. The van der Waals surface area contributed by atoms with Crippen LogP contribution < -0.4 is 5.32 Å². The third-order valence-electron chi connectivity index (χ3n) is 5.00. The number of pyridine rings is 1. The van der Waals surface area contributed by atoms with Crippen LogP contribution in [0.3, 0.4) is 0 Å². The van der Waals surface area contributed by atoms with Crippen molar-refractivity contribution in [1.82, 2.24) is 15.2 Å². The summed E-state index contributed by atoms with van der Waals surface area (Å²) in [6.07, 6.45) is 5.47. The maximum absolute atomic E-state index is 11.6. The molecule has 26 heavy (non-hydrogen) atoms. The van der Waals surface area contributed by atoms with Gasteiger partial charge in [-0.2, -0.15) is 0 Å². The predicted molar refractivity (Wildman–Crippen MR) is 105 cm³/mol. The first kappa shape index (κ1) is 19.0. The fourth-order valence-corrected chi connectivity index (χ4v) is 3.77. The van der Waals surface area contributed by atoms with E-state index in [1.165, 1.54) is 24.7 Å². The van der Waals surface area contributed by atoms with E-state index < -0.39 is 9.84 Å². The summed E-state index contributed by atoms with van der Waals surface area (Å²) in [7, 11) is 0.990. The minimum atomic E-state index is -3.17. The molecule has 0 aliphatic heterocycles. The van der Waals surface area contributed by atoms with Gasteiger partial charge in [-0.25, -0.2) is 8.42 Å². The molecule has 1 saturated carbocycles. The standard InChI is InChI=1S/C20H27N3O2S/c1-23(2)13-12-21-15-20(9-10-20)17-8-11-22-19(14-17)16-4-6-18(7-5-16)26(3,24)25/h4-8,11,14,21H,9-10,12-13,15H2,1-3H3. The first-order valence-corrected chi connectivity index (χ1v) is 10.8. The lowest BCUT2D eigenvalue weighted by molar-refractivity contribution is 0.395. The van der Waals surface area contributed by atoms with Crippen molar-refractivity contribution < 1.29 is 8.42 Å². The van der Waals surface area contributed by atoms with Gasteiger partial charge in [0.25, 0.3) is 0 Å². The summed E-state index contributed by atoms with van der Waals surface area (Å²) < 4.78 is 23.2. The molecule has 0 spiro atoms. The molecule has 140 valence electrons. The molecule has 5 nitrogen and oxygen atoms in total. The van der Waals surface area contributed by atoms with E-state index in [1.807, 2.05) is 18.3 Å². The highest BCUT2D eigenvalue weighted by atomic mass is 32.2. The lowest BCUT2D eigenvalue weighted by Crippen LogP contribution is -2.32. The zero-order valence-corrected chi connectivity index (χ0v) is 16.5. The van der Waals surface area contributed by atoms with Crippen molar-refractivity contribution in [2.24, 2.45) is 0 Å². The van der Waals surface area contributed by atoms with Gasteiger partial charge in [0.15, 0.2) is 9.84 Å². The van der Waals surface area contributed by atoms with Gasteiger partial charge in [0, 0.05) is 43.1 Å². The largest absolute Gasteiger partial charge is 0.315 e. The molecule has 6 heteroatoms. The van der Waals surface area contributed by atoms with Crippen LogP contribution in [0.5, 0.6) is 0 Å². The predicted octanol–water partition coefficient (Wildman–Crippen LogP) is 2.33. The average Bonchev–Trinajstić information content (AvgIpc) is 3.39. The first-order valence-electron chi connectivity index (χ1n) is 8.93. The summed E-state index contributed by atoms with van der Waals surface area (Å²) >= 11 is 0. The Bertz CT molecular complexity index is 857. The van der Waals surface area contributed by atoms with Gasteiger partial charge in [-0.1, -0.05) is 12.1 Å². The highest BCUT2D eigenvalue weighted by Crippen LogP contribution is 2.48. The minimum Gasteiger partial charge on any atom is -0.315 e. The molecule has 1 N–H and O–H groups in total. The Morgan fingerprint density at radius 1 is 1.15 bits per heavy atom. The van der Waals surface area contributed by atoms with Gasteiger partial charge in [0.05, 0.1) is 10.6 Å². The van der Waals surface area contributed by atoms with Crippen LogP contribution in [0.4, 0.5) is 0 Å². The Morgan fingerprint density at radius 2 is 1.85 bits per heavy atom. The Labute approximate surface area is 156 Å². The minimum absolute atomic E-state index is 0.219. The molecule has 0 radical (unpaired) electrons.